The molecule has 0 aliphatic heterocycles. The summed E-state index contributed by atoms with van der Waals surface area (Å²) >= 11 is 3.55. The topological polar surface area (TPSA) is 47.7 Å². The van der Waals surface area contributed by atoms with Crippen LogP contribution in [0.2, 0.25) is 0 Å². The zero-order chi connectivity index (χ0) is 15.8. The zero-order valence-corrected chi connectivity index (χ0v) is 15.0. The second-order valence-corrected chi connectivity index (χ2v) is 6.36. The van der Waals surface area contributed by atoms with E-state index in [-0.39, 0.29) is 12.1 Å². The number of benzene rings is 1. The molecule has 21 heavy (non-hydrogen) atoms. The summed E-state index contributed by atoms with van der Waals surface area (Å²) in [6.45, 7) is 6.38. The first kappa shape index (κ1) is 18.4. The van der Waals surface area contributed by atoms with Gasteiger partial charge in [0, 0.05) is 43.0 Å². The predicted molar refractivity (Wildman–Crippen MR) is 92.1 cm³/mol. The van der Waals surface area contributed by atoms with E-state index in [1.165, 1.54) is 11.3 Å². The molecule has 0 saturated carbocycles. The molecule has 0 aliphatic carbocycles. The second-order valence-electron chi connectivity index (χ2n) is 5.44. The Labute approximate surface area is 136 Å². The van der Waals surface area contributed by atoms with Crippen LogP contribution in [-0.2, 0) is 15.9 Å². The van der Waals surface area contributed by atoms with Gasteiger partial charge < -0.3 is 20.1 Å². The molecule has 0 spiro atoms. The Morgan fingerprint density at radius 1 is 1.24 bits per heavy atom. The highest BCUT2D eigenvalue weighted by molar-refractivity contribution is 9.10. The quantitative estimate of drug-likeness (QED) is 0.737. The van der Waals surface area contributed by atoms with E-state index in [4.69, 9.17) is 15.2 Å². The third-order valence-corrected chi connectivity index (χ3v) is 3.86. The van der Waals surface area contributed by atoms with Gasteiger partial charge in [0.05, 0.1) is 13.2 Å². The van der Waals surface area contributed by atoms with Crippen LogP contribution < -0.4 is 10.6 Å². The van der Waals surface area contributed by atoms with Crippen LogP contribution in [0.5, 0.6) is 0 Å². The van der Waals surface area contributed by atoms with Gasteiger partial charge in [-0.1, -0.05) is 15.9 Å². The second kappa shape index (κ2) is 9.41. The normalized spacial score (nSPS) is 14.0. The van der Waals surface area contributed by atoms with Gasteiger partial charge >= 0.3 is 0 Å². The lowest BCUT2D eigenvalue weighted by atomic mass is 10.0. The lowest BCUT2D eigenvalue weighted by Gasteiger charge is -2.33. The van der Waals surface area contributed by atoms with E-state index in [0.717, 1.165) is 17.4 Å². The molecule has 0 saturated heterocycles. The van der Waals surface area contributed by atoms with Gasteiger partial charge in [-0.25, -0.2) is 0 Å². The van der Waals surface area contributed by atoms with Crippen molar-refractivity contribution in [2.45, 2.75) is 32.4 Å². The number of methoxy groups -OCH3 is 2. The van der Waals surface area contributed by atoms with E-state index in [0.29, 0.717) is 13.2 Å². The van der Waals surface area contributed by atoms with Gasteiger partial charge in [-0.05, 0) is 44.0 Å². The van der Waals surface area contributed by atoms with Gasteiger partial charge in [-0.3, -0.25) is 0 Å². The Bertz CT molecular complexity index is 427. The molecular formula is C16H27BrN2O2. The first-order valence-electron chi connectivity index (χ1n) is 7.28. The van der Waals surface area contributed by atoms with Crippen molar-refractivity contribution in [2.75, 3.05) is 38.9 Å². The van der Waals surface area contributed by atoms with E-state index in [1.807, 2.05) is 6.92 Å². The molecule has 0 fully saturated rings. The van der Waals surface area contributed by atoms with Crippen LogP contribution in [0.4, 0.5) is 5.69 Å². The van der Waals surface area contributed by atoms with Crippen LogP contribution in [0.15, 0.2) is 22.7 Å². The highest BCUT2D eigenvalue weighted by Crippen LogP contribution is 2.27. The van der Waals surface area contributed by atoms with Gasteiger partial charge in [0.25, 0.3) is 0 Å². The number of rotatable bonds is 9. The molecule has 1 aromatic carbocycles. The molecule has 0 aliphatic rings. The number of halogens is 1. The summed E-state index contributed by atoms with van der Waals surface area (Å²) in [6.07, 6.45) is 0.845. The van der Waals surface area contributed by atoms with Crippen molar-refractivity contribution in [1.29, 1.82) is 0 Å². The number of nitrogens with two attached hydrogens (primary N) is 1. The van der Waals surface area contributed by atoms with E-state index < -0.39 is 0 Å². The molecule has 1 aromatic rings. The van der Waals surface area contributed by atoms with Crippen LogP contribution >= 0.6 is 15.9 Å². The minimum absolute atomic E-state index is 0.125. The Balaban J connectivity index is 3.09. The van der Waals surface area contributed by atoms with Crippen LogP contribution in [0.3, 0.4) is 0 Å². The fourth-order valence-corrected chi connectivity index (χ4v) is 2.85. The van der Waals surface area contributed by atoms with Crippen molar-refractivity contribution in [1.82, 2.24) is 0 Å². The maximum Gasteiger partial charge on any atom is 0.0663 e. The van der Waals surface area contributed by atoms with Crippen molar-refractivity contribution in [3.05, 3.63) is 28.2 Å². The SMILES string of the molecule is COCCN(c1ccc(Br)cc1CC(C)N)C(C)COC. The molecule has 1 rings (SSSR count). The third-order valence-electron chi connectivity index (χ3n) is 3.37. The average Bonchev–Trinajstić information content (AvgIpc) is 2.40. The minimum Gasteiger partial charge on any atom is -0.383 e. The van der Waals surface area contributed by atoms with Crippen LogP contribution in [0.1, 0.15) is 19.4 Å². The number of hydrogen-bond donors (Lipinski definition) is 1. The largest absolute Gasteiger partial charge is 0.383 e. The van der Waals surface area contributed by atoms with Crippen molar-refractivity contribution in [3.8, 4) is 0 Å². The maximum atomic E-state index is 6.00. The van der Waals surface area contributed by atoms with Gasteiger partial charge in [-0.2, -0.15) is 0 Å². The Morgan fingerprint density at radius 3 is 2.52 bits per heavy atom. The van der Waals surface area contributed by atoms with Crippen LogP contribution in [0.25, 0.3) is 0 Å². The van der Waals surface area contributed by atoms with Crippen molar-refractivity contribution in [2.24, 2.45) is 5.73 Å². The monoisotopic (exact) mass is 358 g/mol. The van der Waals surface area contributed by atoms with Gasteiger partial charge in [0.1, 0.15) is 0 Å². The molecule has 5 heteroatoms. The summed E-state index contributed by atoms with van der Waals surface area (Å²) in [5, 5.41) is 0. The molecule has 2 unspecified atom stereocenters. The van der Waals surface area contributed by atoms with Crippen LogP contribution in [-0.4, -0.2) is 46.1 Å². The van der Waals surface area contributed by atoms with Crippen molar-refractivity contribution < 1.29 is 9.47 Å². The smallest absolute Gasteiger partial charge is 0.0663 e. The molecule has 2 N–H and O–H groups in total. The summed E-state index contributed by atoms with van der Waals surface area (Å²) < 4.78 is 11.6. The van der Waals surface area contributed by atoms with Crippen LogP contribution in [0, 0.1) is 0 Å². The fourth-order valence-electron chi connectivity index (χ4n) is 2.44. The summed E-state index contributed by atoms with van der Waals surface area (Å²) in [7, 11) is 3.46. The number of hydrogen-bond acceptors (Lipinski definition) is 4. The fraction of sp³-hybridized carbons (Fsp3) is 0.625. The molecule has 0 heterocycles. The number of anilines is 1. The van der Waals surface area contributed by atoms with Gasteiger partial charge in [0.2, 0.25) is 0 Å². The van der Waals surface area contributed by atoms with E-state index in [2.05, 4.69) is 46.0 Å². The lowest BCUT2D eigenvalue weighted by Crippen LogP contribution is -2.39. The summed E-state index contributed by atoms with van der Waals surface area (Å²) in [5.74, 6) is 0. The maximum absolute atomic E-state index is 6.00. The standard InChI is InChI=1S/C16H27BrN2O2/c1-12(18)9-14-10-15(17)5-6-16(14)19(7-8-20-3)13(2)11-21-4/h5-6,10,12-13H,7-9,11,18H2,1-4H3. The molecular weight excluding hydrogens is 332 g/mol. The van der Waals surface area contributed by atoms with Crippen molar-refractivity contribution >= 4 is 21.6 Å². The van der Waals surface area contributed by atoms with Gasteiger partial charge in [-0.15, -0.1) is 0 Å². The first-order valence-corrected chi connectivity index (χ1v) is 8.07. The Morgan fingerprint density at radius 2 is 1.95 bits per heavy atom. The van der Waals surface area contributed by atoms with Gasteiger partial charge in [0.15, 0.2) is 0 Å². The van der Waals surface area contributed by atoms with Crippen molar-refractivity contribution in [3.63, 3.8) is 0 Å². The summed E-state index contributed by atoms with van der Waals surface area (Å²) in [6, 6.07) is 6.76. The predicted octanol–water partition coefficient (Wildman–Crippen LogP) is 2.83. The molecule has 0 amide bonds. The van der Waals surface area contributed by atoms with E-state index >= 15 is 0 Å². The molecule has 0 aromatic heterocycles. The highest BCUT2D eigenvalue weighted by atomic mass is 79.9. The summed E-state index contributed by atoms with van der Waals surface area (Å²) in [4.78, 5) is 2.33. The first-order chi connectivity index (χ1) is 9.99. The molecule has 2 atom stereocenters. The average molecular weight is 359 g/mol. The summed E-state index contributed by atoms with van der Waals surface area (Å²) in [5.41, 5.74) is 8.45. The Hall–Kier alpha value is -0.620. The molecule has 0 radical (unpaired) electrons. The minimum atomic E-state index is 0.125. The number of ether oxygens (including phenoxy) is 2. The Kier molecular flexibility index (Phi) is 8.26. The molecule has 4 nitrogen and oxygen atoms in total. The molecule has 0 bridgehead atoms. The lowest BCUT2D eigenvalue weighted by molar-refractivity contribution is 0.171. The third kappa shape index (κ3) is 5.94. The molecule has 120 valence electrons. The highest BCUT2D eigenvalue weighted by Gasteiger charge is 2.18. The zero-order valence-electron chi connectivity index (χ0n) is 13.4. The van der Waals surface area contributed by atoms with E-state index in [1.54, 1.807) is 14.2 Å². The van der Waals surface area contributed by atoms with E-state index in [9.17, 15) is 0 Å². The number of nitrogens with zero attached hydrogens (tertiary/aromatic N) is 1.